The number of rotatable bonds is 5. The van der Waals surface area contributed by atoms with Gasteiger partial charge in [-0.15, -0.1) is 0 Å². The molecule has 1 atom stereocenters. The zero-order valence-corrected chi connectivity index (χ0v) is 12.0. The van der Waals surface area contributed by atoms with E-state index in [9.17, 15) is 4.79 Å². The Morgan fingerprint density at radius 3 is 2.50 bits per heavy atom. The van der Waals surface area contributed by atoms with Gasteiger partial charge in [-0.3, -0.25) is 4.79 Å². The molecule has 0 bridgehead atoms. The van der Waals surface area contributed by atoms with Crippen molar-refractivity contribution in [3.63, 3.8) is 0 Å². The molecule has 1 saturated heterocycles. The van der Waals surface area contributed by atoms with Gasteiger partial charge in [0.25, 0.3) is 0 Å². The van der Waals surface area contributed by atoms with Crippen LogP contribution < -0.4 is 5.32 Å². The van der Waals surface area contributed by atoms with Crippen molar-refractivity contribution in [2.75, 3.05) is 13.1 Å². The molecule has 1 aliphatic carbocycles. The van der Waals surface area contributed by atoms with Gasteiger partial charge in [-0.05, 0) is 44.6 Å². The molecule has 0 radical (unpaired) electrons. The first-order chi connectivity index (χ1) is 8.68. The van der Waals surface area contributed by atoms with Crippen molar-refractivity contribution in [2.24, 2.45) is 5.92 Å². The van der Waals surface area contributed by atoms with Crippen LogP contribution in [0.3, 0.4) is 0 Å². The van der Waals surface area contributed by atoms with Crippen molar-refractivity contribution in [1.82, 2.24) is 10.2 Å². The summed E-state index contributed by atoms with van der Waals surface area (Å²) in [7, 11) is 0. The van der Waals surface area contributed by atoms with Crippen LogP contribution >= 0.6 is 0 Å². The molecule has 0 aromatic rings. The van der Waals surface area contributed by atoms with Crippen molar-refractivity contribution >= 4 is 5.91 Å². The van der Waals surface area contributed by atoms with Gasteiger partial charge in [-0.2, -0.15) is 0 Å². The molecule has 1 N–H and O–H groups in total. The first kappa shape index (κ1) is 13.9. The molecule has 1 amide bonds. The lowest BCUT2D eigenvalue weighted by Crippen LogP contribution is -2.48. The molecule has 1 heterocycles. The molecule has 0 aromatic heterocycles. The molecular weight excluding hydrogens is 224 g/mol. The Morgan fingerprint density at radius 2 is 1.94 bits per heavy atom. The van der Waals surface area contributed by atoms with Crippen LogP contribution in [-0.2, 0) is 4.79 Å². The number of carbonyl (C=O) groups is 1. The maximum absolute atomic E-state index is 12.6. The summed E-state index contributed by atoms with van der Waals surface area (Å²) in [4.78, 5) is 14.8. The SMILES string of the molecule is CC(C)CCN(C(=O)[C@H]1CCCN1)C1CCCC1. The molecule has 2 fully saturated rings. The number of hydrogen-bond donors (Lipinski definition) is 1. The predicted molar refractivity (Wildman–Crippen MR) is 74.4 cm³/mol. The van der Waals surface area contributed by atoms with E-state index in [1.54, 1.807) is 0 Å². The first-order valence-corrected chi connectivity index (χ1v) is 7.72. The smallest absolute Gasteiger partial charge is 0.239 e. The van der Waals surface area contributed by atoms with Crippen LogP contribution in [0.15, 0.2) is 0 Å². The van der Waals surface area contributed by atoms with E-state index < -0.39 is 0 Å². The summed E-state index contributed by atoms with van der Waals surface area (Å²) in [6.07, 6.45) is 8.35. The Bertz CT molecular complexity index is 266. The van der Waals surface area contributed by atoms with Gasteiger partial charge in [0.05, 0.1) is 6.04 Å². The van der Waals surface area contributed by atoms with Crippen LogP contribution in [0, 0.1) is 5.92 Å². The third-order valence-corrected chi connectivity index (χ3v) is 4.35. The van der Waals surface area contributed by atoms with E-state index in [4.69, 9.17) is 0 Å². The van der Waals surface area contributed by atoms with E-state index in [2.05, 4.69) is 24.1 Å². The highest BCUT2D eigenvalue weighted by atomic mass is 16.2. The molecule has 2 aliphatic rings. The molecule has 18 heavy (non-hydrogen) atoms. The third-order valence-electron chi connectivity index (χ3n) is 4.35. The molecule has 3 heteroatoms. The normalized spacial score (nSPS) is 24.9. The lowest BCUT2D eigenvalue weighted by atomic mass is 10.1. The Morgan fingerprint density at radius 1 is 1.22 bits per heavy atom. The number of nitrogens with zero attached hydrogens (tertiary/aromatic N) is 1. The van der Waals surface area contributed by atoms with E-state index in [0.29, 0.717) is 17.9 Å². The number of amides is 1. The fraction of sp³-hybridized carbons (Fsp3) is 0.933. The van der Waals surface area contributed by atoms with Crippen molar-refractivity contribution in [3.8, 4) is 0 Å². The van der Waals surface area contributed by atoms with Gasteiger partial charge in [0.2, 0.25) is 5.91 Å². The number of hydrogen-bond acceptors (Lipinski definition) is 2. The molecule has 1 saturated carbocycles. The Hall–Kier alpha value is -0.570. The van der Waals surface area contributed by atoms with Gasteiger partial charge in [-0.25, -0.2) is 0 Å². The molecule has 3 nitrogen and oxygen atoms in total. The standard InChI is InChI=1S/C15H28N2O/c1-12(2)9-11-17(13-6-3-4-7-13)15(18)14-8-5-10-16-14/h12-14,16H,3-11H2,1-2H3/t14-/m1/s1. The second-order valence-corrected chi connectivity index (χ2v) is 6.30. The van der Waals surface area contributed by atoms with Crippen LogP contribution in [0.4, 0.5) is 0 Å². The average Bonchev–Trinajstić information content (AvgIpc) is 3.01. The second-order valence-electron chi connectivity index (χ2n) is 6.30. The van der Waals surface area contributed by atoms with Gasteiger partial charge in [0.15, 0.2) is 0 Å². The maximum atomic E-state index is 12.6. The van der Waals surface area contributed by atoms with E-state index in [1.165, 1.54) is 25.7 Å². The van der Waals surface area contributed by atoms with E-state index in [-0.39, 0.29) is 6.04 Å². The minimum atomic E-state index is 0.109. The first-order valence-electron chi connectivity index (χ1n) is 7.72. The lowest BCUT2D eigenvalue weighted by Gasteiger charge is -2.32. The monoisotopic (exact) mass is 252 g/mol. The molecule has 0 aromatic carbocycles. The zero-order chi connectivity index (χ0) is 13.0. The van der Waals surface area contributed by atoms with Gasteiger partial charge in [-0.1, -0.05) is 26.7 Å². The van der Waals surface area contributed by atoms with E-state index in [0.717, 1.165) is 32.4 Å². The molecule has 0 spiro atoms. The lowest BCUT2D eigenvalue weighted by molar-refractivity contribution is -0.135. The van der Waals surface area contributed by atoms with Crippen LogP contribution in [-0.4, -0.2) is 36.0 Å². The minimum Gasteiger partial charge on any atom is -0.338 e. The van der Waals surface area contributed by atoms with E-state index >= 15 is 0 Å². The third kappa shape index (κ3) is 3.47. The fourth-order valence-corrected chi connectivity index (χ4v) is 3.18. The van der Waals surface area contributed by atoms with Gasteiger partial charge in [0, 0.05) is 12.6 Å². The van der Waals surface area contributed by atoms with Crippen molar-refractivity contribution in [3.05, 3.63) is 0 Å². The number of nitrogens with one attached hydrogen (secondary N) is 1. The molecule has 0 unspecified atom stereocenters. The number of carbonyl (C=O) groups excluding carboxylic acids is 1. The quantitative estimate of drug-likeness (QED) is 0.815. The topological polar surface area (TPSA) is 32.3 Å². The van der Waals surface area contributed by atoms with Gasteiger partial charge < -0.3 is 10.2 Å². The van der Waals surface area contributed by atoms with Crippen molar-refractivity contribution in [1.29, 1.82) is 0 Å². The van der Waals surface area contributed by atoms with E-state index in [1.807, 2.05) is 0 Å². The molecule has 104 valence electrons. The minimum absolute atomic E-state index is 0.109. The van der Waals surface area contributed by atoms with Crippen molar-refractivity contribution < 1.29 is 4.79 Å². The van der Waals surface area contributed by atoms with Crippen LogP contribution in [0.2, 0.25) is 0 Å². The summed E-state index contributed by atoms with van der Waals surface area (Å²) in [5, 5.41) is 3.36. The summed E-state index contributed by atoms with van der Waals surface area (Å²) in [5.74, 6) is 1.05. The average molecular weight is 252 g/mol. The highest BCUT2D eigenvalue weighted by molar-refractivity contribution is 5.82. The molecule has 2 rings (SSSR count). The largest absolute Gasteiger partial charge is 0.338 e. The highest BCUT2D eigenvalue weighted by Crippen LogP contribution is 2.25. The Balaban J connectivity index is 1.95. The zero-order valence-electron chi connectivity index (χ0n) is 12.0. The Labute approximate surface area is 111 Å². The maximum Gasteiger partial charge on any atom is 0.239 e. The van der Waals surface area contributed by atoms with Gasteiger partial charge in [0.1, 0.15) is 0 Å². The Kier molecular flexibility index (Phi) is 5.04. The van der Waals surface area contributed by atoms with Gasteiger partial charge >= 0.3 is 0 Å². The second kappa shape index (κ2) is 6.55. The van der Waals surface area contributed by atoms with Crippen LogP contribution in [0.1, 0.15) is 58.8 Å². The van der Waals surface area contributed by atoms with Crippen molar-refractivity contribution in [2.45, 2.75) is 70.9 Å². The summed E-state index contributed by atoms with van der Waals surface area (Å²) in [5.41, 5.74) is 0. The predicted octanol–water partition coefficient (Wildman–Crippen LogP) is 2.56. The summed E-state index contributed by atoms with van der Waals surface area (Å²) >= 11 is 0. The molecular formula is C15H28N2O. The summed E-state index contributed by atoms with van der Waals surface area (Å²) in [6, 6.07) is 0.636. The summed E-state index contributed by atoms with van der Waals surface area (Å²) in [6.45, 7) is 6.45. The van der Waals surface area contributed by atoms with Crippen LogP contribution in [0.5, 0.6) is 0 Å². The molecule has 1 aliphatic heterocycles. The fourth-order valence-electron chi connectivity index (χ4n) is 3.18. The summed E-state index contributed by atoms with van der Waals surface area (Å²) < 4.78 is 0. The highest BCUT2D eigenvalue weighted by Gasteiger charge is 2.32. The van der Waals surface area contributed by atoms with Crippen LogP contribution in [0.25, 0.3) is 0 Å².